The van der Waals surface area contributed by atoms with E-state index in [1.165, 1.54) is 56.3 Å². The first-order chi connectivity index (χ1) is 25.5. The Morgan fingerprint density at radius 3 is 1.85 bits per heavy atom. The largest absolute Gasteiger partial charge is 0.504 e. The van der Waals surface area contributed by atoms with Gasteiger partial charge in [-0.25, -0.2) is 4.79 Å². The second-order valence-electron chi connectivity index (χ2n) is 13.3. The van der Waals surface area contributed by atoms with E-state index in [0.29, 0.717) is 5.56 Å². The van der Waals surface area contributed by atoms with Crippen LogP contribution in [0.2, 0.25) is 0 Å². The zero-order valence-corrected chi connectivity index (χ0v) is 29.1. The van der Waals surface area contributed by atoms with Crippen molar-refractivity contribution < 1.29 is 94.1 Å². The molecule has 0 saturated carbocycles. The lowest BCUT2D eigenvalue weighted by molar-refractivity contribution is -0.363. The minimum Gasteiger partial charge on any atom is -0.504 e. The molecule has 3 aliphatic heterocycles. The average Bonchev–Trinajstić information content (AvgIpc) is 3.14. The van der Waals surface area contributed by atoms with E-state index in [9.17, 15) is 61.0 Å². The molecule has 2 aromatic rings. The number of carbonyl (C=O) groups is 1. The average molecular weight is 771 g/mol. The maximum absolute atomic E-state index is 13.3. The van der Waals surface area contributed by atoms with Crippen molar-refractivity contribution in [3.05, 3.63) is 53.6 Å². The third kappa shape index (κ3) is 9.58. The molecule has 0 bridgehead atoms. The van der Waals surface area contributed by atoms with E-state index in [-0.39, 0.29) is 30.1 Å². The second kappa shape index (κ2) is 17.9. The van der Waals surface area contributed by atoms with Crippen molar-refractivity contribution in [1.82, 2.24) is 0 Å². The highest BCUT2D eigenvalue weighted by atomic mass is 16.8. The molecule has 0 aliphatic carbocycles. The number of hydrogen-bond acceptors (Lipinski definition) is 19. The summed E-state index contributed by atoms with van der Waals surface area (Å²) in [6.07, 6.45) is -21.1. The summed E-state index contributed by atoms with van der Waals surface area (Å²) < 4.78 is 40.4. The van der Waals surface area contributed by atoms with E-state index in [2.05, 4.69) is 0 Å². The highest BCUT2D eigenvalue weighted by Crippen LogP contribution is 2.33. The third-order valence-corrected chi connectivity index (χ3v) is 9.32. The molecule has 3 aliphatic rings. The SMILES string of the molecule is C[C@H]1O[C@@H](O[C@H]2[C@H](O)[C@@H](OCCc3ccc(O)c(O)c3)O[C@@H](CO[C@@H]3O[C@H](C)[C@@H](O)[C@H](O)[C@H]3O)[C@@H]2OC(=O)/C=C/c2ccc(O)c(O)c2)[C@@H](O)[C@@H](O)[C@@H]1O. The topological polar surface area (TPSA) is 304 Å². The number of aliphatic hydroxyl groups is 7. The van der Waals surface area contributed by atoms with Gasteiger partial charge in [-0.05, 0) is 61.7 Å². The number of hydrogen-bond donors (Lipinski definition) is 11. The van der Waals surface area contributed by atoms with E-state index in [4.69, 9.17) is 33.2 Å². The van der Waals surface area contributed by atoms with Crippen molar-refractivity contribution in [3.8, 4) is 23.0 Å². The number of ether oxygens (including phenoxy) is 7. The minimum atomic E-state index is -1.86. The number of aliphatic hydroxyl groups excluding tert-OH is 7. The van der Waals surface area contributed by atoms with Crippen LogP contribution in [0.3, 0.4) is 0 Å². The fraction of sp³-hybridized carbons (Fsp3) is 0.571. The molecular weight excluding hydrogens is 724 g/mol. The summed E-state index contributed by atoms with van der Waals surface area (Å²) in [4.78, 5) is 13.3. The predicted molar refractivity (Wildman–Crippen MR) is 178 cm³/mol. The lowest BCUT2D eigenvalue weighted by atomic mass is 9.96. The Hall–Kier alpha value is -3.67. The van der Waals surface area contributed by atoms with Crippen molar-refractivity contribution in [3.63, 3.8) is 0 Å². The van der Waals surface area contributed by atoms with Gasteiger partial charge in [0.25, 0.3) is 0 Å². The van der Waals surface area contributed by atoms with Gasteiger partial charge in [-0.2, -0.15) is 0 Å². The van der Waals surface area contributed by atoms with Gasteiger partial charge in [0.1, 0.15) is 54.9 Å². The quantitative estimate of drug-likeness (QED) is 0.0622. The molecule has 0 unspecified atom stereocenters. The van der Waals surface area contributed by atoms with Gasteiger partial charge in [0, 0.05) is 6.08 Å². The normalized spacial score (nSPS) is 37.3. The van der Waals surface area contributed by atoms with Gasteiger partial charge in [-0.1, -0.05) is 12.1 Å². The second-order valence-corrected chi connectivity index (χ2v) is 13.3. The summed E-state index contributed by atoms with van der Waals surface area (Å²) in [7, 11) is 0. The number of phenolic OH excluding ortho intramolecular Hbond substituents is 4. The number of benzene rings is 2. The zero-order chi connectivity index (χ0) is 39.4. The molecule has 0 spiro atoms. The molecule has 54 heavy (non-hydrogen) atoms. The van der Waals surface area contributed by atoms with E-state index < -0.39 is 116 Å². The summed E-state index contributed by atoms with van der Waals surface area (Å²) in [6, 6.07) is 7.83. The molecule has 5 rings (SSSR count). The fourth-order valence-corrected chi connectivity index (χ4v) is 6.08. The highest BCUT2D eigenvalue weighted by molar-refractivity contribution is 5.87. The molecule has 3 saturated heterocycles. The Morgan fingerprint density at radius 2 is 1.22 bits per heavy atom. The van der Waals surface area contributed by atoms with Crippen molar-refractivity contribution in [1.29, 1.82) is 0 Å². The molecule has 0 amide bonds. The predicted octanol–water partition coefficient (Wildman–Crippen LogP) is -2.16. The van der Waals surface area contributed by atoms with Gasteiger partial charge in [-0.15, -0.1) is 0 Å². The molecule has 19 heteroatoms. The Kier molecular flexibility index (Phi) is 13.7. The summed E-state index contributed by atoms with van der Waals surface area (Å²) in [5.74, 6) is -2.62. The van der Waals surface area contributed by atoms with E-state index in [1.807, 2.05) is 0 Å². The molecule has 3 heterocycles. The lowest BCUT2D eigenvalue weighted by Gasteiger charge is -2.47. The van der Waals surface area contributed by atoms with Crippen molar-refractivity contribution in [2.75, 3.05) is 13.2 Å². The van der Waals surface area contributed by atoms with Crippen molar-refractivity contribution >= 4 is 12.0 Å². The van der Waals surface area contributed by atoms with Gasteiger partial charge in [-0.3, -0.25) is 0 Å². The molecule has 2 aromatic carbocycles. The number of carbonyl (C=O) groups excluding carboxylic acids is 1. The van der Waals surface area contributed by atoms with Crippen LogP contribution in [0, 0.1) is 0 Å². The first kappa shape index (κ1) is 41.5. The smallest absolute Gasteiger partial charge is 0.331 e. The van der Waals surface area contributed by atoms with Crippen LogP contribution in [0.4, 0.5) is 0 Å². The molecular formula is C35H46O19. The van der Waals surface area contributed by atoms with E-state index >= 15 is 0 Å². The van der Waals surface area contributed by atoms with Crippen LogP contribution in [0.15, 0.2) is 42.5 Å². The number of esters is 1. The fourth-order valence-electron chi connectivity index (χ4n) is 6.08. The van der Waals surface area contributed by atoms with Crippen LogP contribution in [0.25, 0.3) is 6.08 Å². The first-order valence-corrected chi connectivity index (χ1v) is 17.1. The van der Waals surface area contributed by atoms with Gasteiger partial charge >= 0.3 is 5.97 Å². The molecule has 3 fully saturated rings. The molecule has 11 N–H and O–H groups in total. The third-order valence-electron chi connectivity index (χ3n) is 9.32. The van der Waals surface area contributed by atoms with Gasteiger partial charge < -0.3 is 89.3 Å². The van der Waals surface area contributed by atoms with E-state index in [1.54, 1.807) is 0 Å². The molecule has 15 atom stereocenters. The highest BCUT2D eigenvalue weighted by Gasteiger charge is 2.53. The number of phenols is 4. The summed E-state index contributed by atoms with van der Waals surface area (Å²) in [5, 5.41) is 113. The Labute approximate surface area is 308 Å². The van der Waals surface area contributed by atoms with Gasteiger partial charge in [0.05, 0.1) is 25.4 Å². The first-order valence-electron chi connectivity index (χ1n) is 17.1. The maximum atomic E-state index is 13.3. The molecule has 300 valence electrons. The van der Waals surface area contributed by atoms with Gasteiger partial charge in [0.2, 0.25) is 0 Å². The van der Waals surface area contributed by atoms with Crippen molar-refractivity contribution in [2.45, 2.75) is 112 Å². The lowest BCUT2D eigenvalue weighted by Crippen LogP contribution is -2.65. The minimum absolute atomic E-state index is 0.134. The number of rotatable bonds is 12. The number of aromatic hydroxyl groups is 4. The van der Waals surface area contributed by atoms with Crippen LogP contribution < -0.4 is 0 Å². The van der Waals surface area contributed by atoms with E-state index in [0.717, 1.165) is 6.08 Å². The molecule has 0 radical (unpaired) electrons. The molecule has 19 nitrogen and oxygen atoms in total. The van der Waals surface area contributed by atoms with Crippen LogP contribution >= 0.6 is 0 Å². The summed E-state index contributed by atoms with van der Waals surface area (Å²) >= 11 is 0. The van der Waals surface area contributed by atoms with Crippen LogP contribution in [-0.2, 0) is 44.4 Å². The monoisotopic (exact) mass is 770 g/mol. The zero-order valence-electron chi connectivity index (χ0n) is 29.1. The van der Waals surface area contributed by atoms with Gasteiger partial charge in [0.15, 0.2) is 48.0 Å². The Balaban J connectivity index is 1.43. The maximum Gasteiger partial charge on any atom is 0.331 e. The van der Waals surface area contributed by atoms with Crippen LogP contribution in [0.1, 0.15) is 25.0 Å². The van der Waals surface area contributed by atoms with Crippen LogP contribution in [0.5, 0.6) is 23.0 Å². The Morgan fingerprint density at radius 1 is 0.648 bits per heavy atom. The molecule has 0 aromatic heterocycles. The summed E-state index contributed by atoms with van der Waals surface area (Å²) in [6.45, 7) is 2.06. The Bertz CT molecular complexity index is 1590. The van der Waals surface area contributed by atoms with Crippen molar-refractivity contribution in [2.24, 2.45) is 0 Å². The standard InChI is InChI=1S/C35H46O19/c1-14-24(41)26(43)28(45)33(50-14)49-13-22-31(53-23(40)8-5-16-3-6-18(36)20(38)11-16)32(54-35-29(46)27(44)25(42)15(2)51-35)30(47)34(52-22)48-10-9-17-4-7-19(37)21(39)12-17/h3-8,11-12,14-15,22,24-39,41-47H,9-10,13H2,1-2H3/b8-5+/t14-,15-,22+,24-,25-,26+,27+,28-,29+,30+,31+,32+,33-,34+,35+/m1/s1. The van der Waals surface area contributed by atoms with Crippen LogP contribution in [-0.4, -0.2) is 167 Å². The summed E-state index contributed by atoms with van der Waals surface area (Å²) in [5.41, 5.74) is 0.811.